The Bertz CT molecular complexity index is 1400. The molecule has 1 aliphatic rings. The van der Waals surface area contributed by atoms with Crippen LogP contribution in [0.2, 0.25) is 10.0 Å². The monoisotopic (exact) mass is 608 g/mol. The van der Waals surface area contributed by atoms with E-state index in [-0.39, 0.29) is 22.2 Å². The van der Waals surface area contributed by atoms with Crippen LogP contribution < -0.4 is 10.1 Å². The van der Waals surface area contributed by atoms with Crippen LogP contribution in [-0.2, 0) is 16.2 Å². The van der Waals surface area contributed by atoms with E-state index in [0.717, 1.165) is 28.3 Å². The lowest BCUT2D eigenvalue weighted by Gasteiger charge is -2.12. The lowest BCUT2D eigenvalue weighted by Crippen LogP contribution is -2.36. The van der Waals surface area contributed by atoms with Gasteiger partial charge < -0.3 is 10.1 Å². The van der Waals surface area contributed by atoms with Gasteiger partial charge in [0.05, 0.1) is 14.4 Å². The molecule has 11 heteroatoms. The zero-order chi connectivity index (χ0) is 25.8. The molecule has 1 N–H and O–H groups in total. The summed E-state index contributed by atoms with van der Waals surface area (Å²) in [4.78, 5) is 38.5. The highest BCUT2D eigenvalue weighted by Gasteiger charge is 2.36. The average Bonchev–Trinajstić information content (AvgIpc) is 3.09. The second-order valence-electron chi connectivity index (χ2n) is 7.51. The molecule has 0 unspecified atom stereocenters. The number of nitrogens with one attached hydrogen (secondary N) is 1. The molecule has 184 valence electrons. The topological polar surface area (TPSA) is 75.7 Å². The van der Waals surface area contributed by atoms with E-state index in [1.807, 2.05) is 18.2 Å². The number of hydrogen-bond acceptors (Lipinski definition) is 5. The van der Waals surface area contributed by atoms with Crippen molar-refractivity contribution in [2.45, 2.75) is 6.61 Å². The number of thioether (sulfide) groups is 1. The van der Waals surface area contributed by atoms with Crippen molar-refractivity contribution in [1.82, 2.24) is 4.90 Å². The fraction of sp³-hybridized carbons (Fsp3) is 0.0800. The van der Waals surface area contributed by atoms with Crippen molar-refractivity contribution in [2.24, 2.45) is 0 Å². The normalized spacial score (nSPS) is 14.4. The summed E-state index contributed by atoms with van der Waals surface area (Å²) in [6.07, 6.45) is 1.56. The van der Waals surface area contributed by atoms with Gasteiger partial charge in [-0.15, -0.1) is 0 Å². The molecule has 1 aliphatic heterocycles. The molecular weight excluding hydrogens is 594 g/mol. The van der Waals surface area contributed by atoms with E-state index in [1.165, 1.54) is 12.1 Å². The van der Waals surface area contributed by atoms with E-state index in [1.54, 1.807) is 30.3 Å². The van der Waals surface area contributed by atoms with Crippen molar-refractivity contribution >= 4 is 79.7 Å². The molecular formula is C25H16BrCl2FN2O4S. The Labute approximate surface area is 228 Å². The Balaban J connectivity index is 1.40. The van der Waals surface area contributed by atoms with Gasteiger partial charge >= 0.3 is 0 Å². The summed E-state index contributed by atoms with van der Waals surface area (Å²) < 4.78 is 19.8. The lowest BCUT2D eigenvalue weighted by atomic mass is 10.2. The Morgan fingerprint density at radius 2 is 1.86 bits per heavy atom. The fourth-order valence-corrected chi connectivity index (χ4v) is 4.92. The minimum absolute atomic E-state index is 0.159. The fourth-order valence-electron chi connectivity index (χ4n) is 3.20. The molecule has 0 saturated carbocycles. The first-order valence-corrected chi connectivity index (χ1v) is 12.7. The molecule has 0 radical (unpaired) electrons. The number of carbonyl (C=O) groups is 3. The van der Waals surface area contributed by atoms with Crippen LogP contribution in [0.5, 0.6) is 5.75 Å². The molecule has 36 heavy (non-hydrogen) atoms. The second-order valence-corrected chi connectivity index (χ2v) is 10.2. The molecule has 1 heterocycles. The van der Waals surface area contributed by atoms with Crippen molar-refractivity contribution in [3.63, 3.8) is 0 Å². The summed E-state index contributed by atoms with van der Waals surface area (Å²) in [6, 6.07) is 16.3. The predicted octanol–water partition coefficient (Wildman–Crippen LogP) is 7.15. The van der Waals surface area contributed by atoms with Crippen molar-refractivity contribution in [3.8, 4) is 5.75 Å². The molecule has 6 nitrogen and oxygen atoms in total. The number of ether oxygens (including phenoxy) is 1. The van der Waals surface area contributed by atoms with Gasteiger partial charge in [0.25, 0.3) is 11.1 Å². The zero-order valence-corrected chi connectivity index (χ0v) is 22.2. The number of imide groups is 1. The highest BCUT2D eigenvalue weighted by molar-refractivity contribution is 9.10. The highest BCUT2D eigenvalue weighted by atomic mass is 79.9. The summed E-state index contributed by atoms with van der Waals surface area (Å²) >= 11 is 16.1. The summed E-state index contributed by atoms with van der Waals surface area (Å²) in [5.41, 5.74) is 1.74. The van der Waals surface area contributed by atoms with Gasteiger partial charge in [0.15, 0.2) is 0 Å². The molecule has 3 aromatic rings. The minimum Gasteiger partial charge on any atom is -0.488 e. The zero-order valence-electron chi connectivity index (χ0n) is 18.3. The Morgan fingerprint density at radius 1 is 1.08 bits per heavy atom. The van der Waals surface area contributed by atoms with Crippen LogP contribution in [0.1, 0.15) is 11.1 Å². The SMILES string of the molecule is O=C(CN1C(=O)S/C(=C/c2ccc(OCc3ccccc3Cl)c(Br)c2)C1=O)Nc1ccc(F)c(Cl)c1. The van der Waals surface area contributed by atoms with Crippen LogP contribution in [0.3, 0.4) is 0 Å². The van der Waals surface area contributed by atoms with Gasteiger partial charge in [0.2, 0.25) is 5.91 Å². The number of rotatable bonds is 7. The Morgan fingerprint density at radius 3 is 2.58 bits per heavy atom. The number of amides is 3. The summed E-state index contributed by atoms with van der Waals surface area (Å²) in [5, 5.41) is 2.37. The first-order valence-electron chi connectivity index (χ1n) is 10.4. The first kappa shape index (κ1) is 26.2. The standard InChI is InChI=1S/C25H16BrCl2FN2O4S/c26-17-9-14(5-8-21(17)35-13-15-3-1-2-4-18(15)27)10-22-24(33)31(25(34)36-22)12-23(32)30-16-6-7-20(29)19(28)11-16/h1-11H,12-13H2,(H,30,32)/b22-10+. The molecule has 3 aromatic carbocycles. The molecule has 0 aliphatic carbocycles. The van der Waals surface area contributed by atoms with E-state index < -0.39 is 29.4 Å². The molecule has 1 saturated heterocycles. The Hall–Kier alpha value is -2.85. The van der Waals surface area contributed by atoms with Gasteiger partial charge in [-0.3, -0.25) is 19.3 Å². The van der Waals surface area contributed by atoms with Crippen molar-refractivity contribution in [3.05, 3.63) is 97.0 Å². The first-order chi connectivity index (χ1) is 17.2. The van der Waals surface area contributed by atoms with Crippen molar-refractivity contribution in [2.75, 3.05) is 11.9 Å². The van der Waals surface area contributed by atoms with Crippen LogP contribution in [0, 0.1) is 5.82 Å². The van der Waals surface area contributed by atoms with Crippen LogP contribution >= 0.6 is 50.9 Å². The van der Waals surface area contributed by atoms with Crippen LogP contribution in [0.4, 0.5) is 14.9 Å². The van der Waals surface area contributed by atoms with E-state index in [0.29, 0.717) is 20.8 Å². The van der Waals surface area contributed by atoms with Gasteiger partial charge in [-0.05, 0) is 75.7 Å². The van der Waals surface area contributed by atoms with Crippen LogP contribution in [0.15, 0.2) is 70.0 Å². The van der Waals surface area contributed by atoms with E-state index in [2.05, 4.69) is 21.2 Å². The minimum atomic E-state index is -0.627. The van der Waals surface area contributed by atoms with Crippen LogP contribution in [-0.4, -0.2) is 28.5 Å². The molecule has 0 spiro atoms. The molecule has 0 bridgehead atoms. The Kier molecular flexibility index (Phi) is 8.35. The van der Waals surface area contributed by atoms with Gasteiger partial charge in [0, 0.05) is 16.3 Å². The molecule has 3 amide bonds. The number of carbonyl (C=O) groups excluding carboxylic acids is 3. The van der Waals surface area contributed by atoms with Gasteiger partial charge in [-0.25, -0.2) is 4.39 Å². The van der Waals surface area contributed by atoms with Crippen molar-refractivity contribution in [1.29, 1.82) is 0 Å². The lowest BCUT2D eigenvalue weighted by molar-refractivity contribution is -0.127. The average molecular weight is 610 g/mol. The van der Waals surface area contributed by atoms with E-state index >= 15 is 0 Å². The maximum absolute atomic E-state index is 13.3. The maximum atomic E-state index is 13.3. The summed E-state index contributed by atoms with van der Waals surface area (Å²) in [5.74, 6) is -1.26. The second kappa shape index (κ2) is 11.5. The number of anilines is 1. The third kappa shape index (κ3) is 6.28. The number of nitrogens with zero attached hydrogens (tertiary/aromatic N) is 1. The highest BCUT2D eigenvalue weighted by Crippen LogP contribution is 2.34. The maximum Gasteiger partial charge on any atom is 0.294 e. The largest absolute Gasteiger partial charge is 0.488 e. The molecule has 1 fully saturated rings. The van der Waals surface area contributed by atoms with Crippen molar-refractivity contribution < 1.29 is 23.5 Å². The summed E-state index contributed by atoms with van der Waals surface area (Å²) in [6.45, 7) is -0.210. The predicted molar refractivity (Wildman–Crippen MR) is 143 cm³/mol. The van der Waals surface area contributed by atoms with Gasteiger partial charge in [0.1, 0.15) is 24.7 Å². The molecule has 0 atom stereocenters. The van der Waals surface area contributed by atoms with E-state index in [4.69, 9.17) is 27.9 Å². The van der Waals surface area contributed by atoms with E-state index in [9.17, 15) is 18.8 Å². The molecule has 0 aromatic heterocycles. The van der Waals surface area contributed by atoms with Gasteiger partial charge in [-0.1, -0.05) is 47.5 Å². The summed E-state index contributed by atoms with van der Waals surface area (Å²) in [7, 11) is 0. The smallest absolute Gasteiger partial charge is 0.294 e. The third-order valence-corrected chi connectivity index (χ3v) is 7.16. The number of benzene rings is 3. The number of hydrogen-bond donors (Lipinski definition) is 1. The van der Waals surface area contributed by atoms with Crippen LogP contribution in [0.25, 0.3) is 6.08 Å². The molecule has 4 rings (SSSR count). The number of halogens is 4. The quantitative estimate of drug-likeness (QED) is 0.288. The third-order valence-electron chi connectivity index (χ3n) is 4.97. The van der Waals surface area contributed by atoms with Gasteiger partial charge in [-0.2, -0.15) is 0 Å².